The molecule has 268 valence electrons. The van der Waals surface area contributed by atoms with Crippen LogP contribution in [0.2, 0.25) is 0 Å². The Morgan fingerprint density at radius 2 is 0.870 bits per heavy atom. The van der Waals surface area contributed by atoms with Crippen LogP contribution in [0.25, 0.3) is 0 Å². The maximum absolute atomic E-state index is 12.2. The number of allylic oxidation sites excluding steroid dienone is 6. The molecule has 5 nitrogen and oxygen atoms in total. The summed E-state index contributed by atoms with van der Waals surface area (Å²) < 4.78 is 10.6. The summed E-state index contributed by atoms with van der Waals surface area (Å²) in [7, 11) is 0. The summed E-state index contributed by atoms with van der Waals surface area (Å²) >= 11 is 0. The number of esters is 2. The first-order chi connectivity index (χ1) is 22.6. The largest absolute Gasteiger partial charge is 0.462 e. The van der Waals surface area contributed by atoms with Crippen LogP contribution >= 0.6 is 0 Å². The van der Waals surface area contributed by atoms with Gasteiger partial charge in [-0.15, -0.1) is 0 Å². The lowest BCUT2D eigenvalue weighted by molar-refractivity contribution is -0.161. The lowest BCUT2D eigenvalue weighted by Gasteiger charge is -2.15. The van der Waals surface area contributed by atoms with Crippen molar-refractivity contribution in [3.63, 3.8) is 0 Å². The van der Waals surface area contributed by atoms with Crippen molar-refractivity contribution in [3.8, 4) is 0 Å². The monoisotopic (exact) mass is 647 g/mol. The third-order valence-corrected chi connectivity index (χ3v) is 8.41. The highest BCUT2D eigenvalue weighted by Crippen LogP contribution is 2.13. The number of aliphatic hydroxyl groups excluding tert-OH is 1. The summed E-state index contributed by atoms with van der Waals surface area (Å²) in [6.45, 7) is 4.08. The maximum Gasteiger partial charge on any atom is 0.306 e. The SMILES string of the molecule is CCCCC/C=C\C/C=C\CCCCCCCCCCCC(=O)OC(CO)COC(=O)CCCCCCC/C=C\CCCCCC. The number of hydrogen-bond donors (Lipinski definition) is 1. The van der Waals surface area contributed by atoms with E-state index in [9.17, 15) is 14.7 Å². The van der Waals surface area contributed by atoms with Gasteiger partial charge in [0.05, 0.1) is 6.61 Å². The molecule has 1 N–H and O–H groups in total. The molecule has 0 bridgehead atoms. The number of aliphatic hydroxyl groups is 1. The standard InChI is InChI=1S/C41H74O5/c1-3-5-7-9-11-13-15-17-18-19-20-21-22-24-26-28-30-32-34-36-41(44)46-39(37-42)38-45-40(43)35-33-31-29-27-25-23-16-14-12-10-8-6-4-2/h11,13-14,16-18,39,42H,3-10,12,15,19-38H2,1-2H3/b13-11-,16-14-,18-17-. The van der Waals surface area contributed by atoms with Gasteiger partial charge in [0.15, 0.2) is 6.10 Å². The Labute approximate surface area is 285 Å². The summed E-state index contributed by atoms with van der Waals surface area (Å²) in [4.78, 5) is 24.2. The molecule has 0 aromatic heterocycles. The molecular formula is C41H74O5. The lowest BCUT2D eigenvalue weighted by Crippen LogP contribution is -2.28. The van der Waals surface area contributed by atoms with E-state index in [0.717, 1.165) is 51.4 Å². The van der Waals surface area contributed by atoms with Crippen LogP contribution in [0.15, 0.2) is 36.5 Å². The van der Waals surface area contributed by atoms with E-state index in [1.54, 1.807) is 0 Å². The van der Waals surface area contributed by atoms with Crippen molar-refractivity contribution < 1.29 is 24.2 Å². The van der Waals surface area contributed by atoms with Crippen molar-refractivity contribution in [3.05, 3.63) is 36.5 Å². The number of rotatable bonds is 35. The molecule has 0 fully saturated rings. The van der Waals surface area contributed by atoms with E-state index in [-0.39, 0.29) is 25.2 Å². The summed E-state index contributed by atoms with van der Waals surface area (Å²) in [5, 5.41) is 9.54. The Balaban J connectivity index is 3.56. The molecule has 0 amide bonds. The topological polar surface area (TPSA) is 72.8 Å². The number of unbranched alkanes of at least 4 members (excludes halogenated alkanes) is 21. The Morgan fingerprint density at radius 3 is 1.35 bits per heavy atom. The van der Waals surface area contributed by atoms with Crippen LogP contribution in [-0.4, -0.2) is 36.4 Å². The minimum atomic E-state index is -0.774. The molecule has 0 rings (SSSR count). The molecule has 0 radical (unpaired) electrons. The normalized spacial score (nSPS) is 12.5. The molecule has 0 aromatic carbocycles. The van der Waals surface area contributed by atoms with Crippen molar-refractivity contribution in [1.29, 1.82) is 0 Å². The average molecular weight is 647 g/mol. The van der Waals surface area contributed by atoms with Crippen molar-refractivity contribution in [2.75, 3.05) is 13.2 Å². The fourth-order valence-corrected chi connectivity index (χ4v) is 5.40. The minimum Gasteiger partial charge on any atom is -0.462 e. The van der Waals surface area contributed by atoms with Crippen molar-refractivity contribution >= 4 is 11.9 Å². The predicted molar refractivity (Wildman–Crippen MR) is 196 cm³/mol. The molecule has 0 saturated heterocycles. The quantitative estimate of drug-likeness (QED) is 0.0421. The van der Waals surface area contributed by atoms with Gasteiger partial charge in [-0.2, -0.15) is 0 Å². The molecule has 0 aliphatic heterocycles. The van der Waals surface area contributed by atoms with Crippen LogP contribution < -0.4 is 0 Å². The predicted octanol–water partition coefficient (Wildman–Crippen LogP) is 12.1. The van der Waals surface area contributed by atoms with Gasteiger partial charge in [-0.3, -0.25) is 9.59 Å². The average Bonchev–Trinajstić information content (AvgIpc) is 3.06. The first-order valence-corrected chi connectivity index (χ1v) is 19.5. The molecule has 1 unspecified atom stereocenters. The Morgan fingerprint density at radius 1 is 0.500 bits per heavy atom. The van der Waals surface area contributed by atoms with Gasteiger partial charge in [-0.1, -0.05) is 147 Å². The molecule has 0 spiro atoms. The van der Waals surface area contributed by atoms with Crippen LogP contribution in [0.3, 0.4) is 0 Å². The first-order valence-electron chi connectivity index (χ1n) is 19.5. The lowest BCUT2D eigenvalue weighted by atomic mass is 10.1. The Bertz CT molecular complexity index is 741. The zero-order chi connectivity index (χ0) is 33.6. The number of ether oxygens (including phenoxy) is 2. The van der Waals surface area contributed by atoms with Gasteiger partial charge in [0.1, 0.15) is 6.61 Å². The fraction of sp³-hybridized carbons (Fsp3) is 0.805. The highest BCUT2D eigenvalue weighted by Gasteiger charge is 2.16. The van der Waals surface area contributed by atoms with Gasteiger partial charge in [-0.25, -0.2) is 0 Å². The number of carbonyl (C=O) groups excluding carboxylic acids is 2. The smallest absolute Gasteiger partial charge is 0.306 e. The molecule has 5 heteroatoms. The van der Waals surface area contributed by atoms with E-state index in [1.165, 1.54) is 116 Å². The Kier molecular flexibility index (Phi) is 36.0. The van der Waals surface area contributed by atoms with E-state index in [4.69, 9.17) is 9.47 Å². The fourth-order valence-electron chi connectivity index (χ4n) is 5.40. The summed E-state index contributed by atoms with van der Waals surface area (Å²) in [6.07, 6.45) is 44.8. The van der Waals surface area contributed by atoms with Gasteiger partial charge in [0.2, 0.25) is 0 Å². The molecule has 0 aromatic rings. The highest BCUT2D eigenvalue weighted by molar-refractivity contribution is 5.70. The van der Waals surface area contributed by atoms with E-state index in [1.807, 2.05) is 0 Å². The van der Waals surface area contributed by atoms with Gasteiger partial charge < -0.3 is 14.6 Å². The van der Waals surface area contributed by atoms with Crippen LogP contribution in [0.5, 0.6) is 0 Å². The van der Waals surface area contributed by atoms with Gasteiger partial charge in [-0.05, 0) is 70.6 Å². The molecular weight excluding hydrogens is 572 g/mol. The third kappa shape index (κ3) is 35.0. The zero-order valence-electron chi connectivity index (χ0n) is 30.3. The molecule has 0 aliphatic rings. The molecule has 1 atom stereocenters. The summed E-state index contributed by atoms with van der Waals surface area (Å²) in [6, 6.07) is 0. The highest BCUT2D eigenvalue weighted by atomic mass is 16.6. The minimum absolute atomic E-state index is 0.0708. The Hall–Kier alpha value is -1.88. The summed E-state index contributed by atoms with van der Waals surface area (Å²) in [5.41, 5.74) is 0. The molecule has 46 heavy (non-hydrogen) atoms. The van der Waals surface area contributed by atoms with Crippen LogP contribution in [0.4, 0.5) is 0 Å². The van der Waals surface area contributed by atoms with Crippen LogP contribution in [0.1, 0.15) is 194 Å². The van der Waals surface area contributed by atoms with Gasteiger partial charge in [0, 0.05) is 12.8 Å². The van der Waals surface area contributed by atoms with Crippen LogP contribution in [0, 0.1) is 0 Å². The zero-order valence-corrected chi connectivity index (χ0v) is 30.3. The second kappa shape index (κ2) is 37.6. The van der Waals surface area contributed by atoms with Crippen molar-refractivity contribution in [2.24, 2.45) is 0 Å². The van der Waals surface area contributed by atoms with Gasteiger partial charge in [0.25, 0.3) is 0 Å². The summed E-state index contributed by atoms with van der Waals surface area (Å²) in [5.74, 6) is -0.604. The van der Waals surface area contributed by atoms with E-state index < -0.39 is 6.10 Å². The van der Waals surface area contributed by atoms with Crippen molar-refractivity contribution in [1.82, 2.24) is 0 Å². The molecule has 0 saturated carbocycles. The number of carbonyl (C=O) groups is 2. The second-order valence-electron chi connectivity index (χ2n) is 13.0. The van der Waals surface area contributed by atoms with Crippen molar-refractivity contribution in [2.45, 2.75) is 200 Å². The first kappa shape index (κ1) is 44.1. The number of hydrogen-bond acceptors (Lipinski definition) is 5. The van der Waals surface area contributed by atoms with E-state index in [2.05, 4.69) is 50.3 Å². The van der Waals surface area contributed by atoms with Gasteiger partial charge >= 0.3 is 11.9 Å². The van der Waals surface area contributed by atoms with E-state index >= 15 is 0 Å². The van der Waals surface area contributed by atoms with Crippen LogP contribution in [-0.2, 0) is 19.1 Å². The maximum atomic E-state index is 12.2. The van der Waals surface area contributed by atoms with E-state index in [0.29, 0.717) is 12.8 Å². The molecule has 0 heterocycles. The third-order valence-electron chi connectivity index (χ3n) is 8.41. The second-order valence-corrected chi connectivity index (χ2v) is 13.0. The molecule has 0 aliphatic carbocycles.